The van der Waals surface area contributed by atoms with Crippen LogP contribution in [0.3, 0.4) is 0 Å². The average Bonchev–Trinajstić information content (AvgIpc) is 2.53. The highest BCUT2D eigenvalue weighted by Crippen LogP contribution is 2.30. The Morgan fingerprint density at radius 1 is 1.30 bits per heavy atom. The van der Waals surface area contributed by atoms with E-state index >= 15 is 0 Å². The van der Waals surface area contributed by atoms with Crippen LogP contribution in [0.15, 0.2) is 36.5 Å². The van der Waals surface area contributed by atoms with Crippen LogP contribution in [0.4, 0.5) is 5.69 Å². The third-order valence-electron chi connectivity index (χ3n) is 4.59. The summed E-state index contributed by atoms with van der Waals surface area (Å²) in [6.45, 7) is 4.58. The number of rotatable bonds is 3. The first-order valence-corrected chi connectivity index (χ1v) is 7.55. The molecule has 0 aliphatic carbocycles. The Kier molecular flexibility index (Phi) is 3.88. The molecule has 2 aromatic rings. The fourth-order valence-electron chi connectivity index (χ4n) is 3.23. The molecule has 2 heterocycles. The number of aromatic nitrogens is 1. The second kappa shape index (κ2) is 5.80. The van der Waals surface area contributed by atoms with E-state index in [0.717, 1.165) is 24.5 Å². The van der Waals surface area contributed by atoms with Crippen molar-refractivity contribution in [2.45, 2.75) is 25.8 Å². The summed E-state index contributed by atoms with van der Waals surface area (Å²) in [5.41, 5.74) is 2.43. The van der Waals surface area contributed by atoms with E-state index in [1.165, 1.54) is 23.9 Å². The van der Waals surface area contributed by atoms with Gasteiger partial charge in [-0.3, -0.25) is 4.98 Å². The van der Waals surface area contributed by atoms with E-state index in [4.69, 9.17) is 0 Å². The lowest BCUT2D eigenvalue weighted by atomic mass is 9.91. The molecule has 0 amide bonds. The van der Waals surface area contributed by atoms with Crippen LogP contribution in [-0.4, -0.2) is 31.2 Å². The highest BCUT2D eigenvalue weighted by molar-refractivity contribution is 5.91. The minimum absolute atomic E-state index is 0.575. The number of benzene rings is 1. The van der Waals surface area contributed by atoms with Crippen molar-refractivity contribution in [3.63, 3.8) is 0 Å². The van der Waals surface area contributed by atoms with Crippen LogP contribution < -0.4 is 10.2 Å². The van der Waals surface area contributed by atoms with Gasteiger partial charge in [0.25, 0.3) is 0 Å². The van der Waals surface area contributed by atoms with Gasteiger partial charge in [-0.05, 0) is 44.9 Å². The van der Waals surface area contributed by atoms with Crippen LogP contribution >= 0.6 is 0 Å². The first-order chi connectivity index (χ1) is 9.79. The van der Waals surface area contributed by atoms with E-state index in [0.29, 0.717) is 6.04 Å². The van der Waals surface area contributed by atoms with Crippen molar-refractivity contribution >= 4 is 16.6 Å². The van der Waals surface area contributed by atoms with Gasteiger partial charge in [0, 0.05) is 36.4 Å². The second-order valence-corrected chi connectivity index (χ2v) is 5.77. The summed E-state index contributed by atoms with van der Waals surface area (Å²) < 4.78 is 0. The third kappa shape index (κ3) is 2.50. The summed E-state index contributed by atoms with van der Waals surface area (Å²) in [6, 6.07) is 11.2. The summed E-state index contributed by atoms with van der Waals surface area (Å²) >= 11 is 0. The van der Waals surface area contributed by atoms with Gasteiger partial charge in [-0.15, -0.1) is 0 Å². The molecule has 3 rings (SSSR count). The Morgan fingerprint density at radius 2 is 2.15 bits per heavy atom. The molecule has 0 bridgehead atoms. The molecule has 1 saturated heterocycles. The van der Waals surface area contributed by atoms with Gasteiger partial charge in [-0.2, -0.15) is 0 Å². The molecular weight excluding hydrogens is 246 g/mol. The van der Waals surface area contributed by atoms with Crippen molar-refractivity contribution in [1.29, 1.82) is 0 Å². The Morgan fingerprint density at radius 3 is 3.00 bits per heavy atom. The van der Waals surface area contributed by atoms with E-state index in [1.807, 2.05) is 6.20 Å². The van der Waals surface area contributed by atoms with Crippen LogP contribution in [0.1, 0.15) is 19.8 Å². The lowest BCUT2D eigenvalue weighted by Gasteiger charge is -2.37. The van der Waals surface area contributed by atoms with Crippen LogP contribution in [0.25, 0.3) is 10.9 Å². The standard InChI is InChI=1S/C17H23N3/c1-13(18-2)14-6-5-11-20(12-14)17-9-10-19-16-8-4-3-7-15(16)17/h3-4,7-10,13-14,18H,5-6,11-12H2,1-2H3. The van der Waals surface area contributed by atoms with Crippen molar-refractivity contribution in [2.24, 2.45) is 5.92 Å². The zero-order valence-corrected chi connectivity index (χ0v) is 12.3. The largest absolute Gasteiger partial charge is 0.371 e. The van der Waals surface area contributed by atoms with Gasteiger partial charge in [0.1, 0.15) is 0 Å². The first-order valence-electron chi connectivity index (χ1n) is 7.55. The zero-order valence-electron chi connectivity index (χ0n) is 12.3. The Bertz CT molecular complexity index is 576. The van der Waals surface area contributed by atoms with Crippen LogP contribution in [0.5, 0.6) is 0 Å². The summed E-state index contributed by atoms with van der Waals surface area (Å²) in [6.07, 6.45) is 4.53. The molecule has 2 atom stereocenters. The lowest BCUT2D eigenvalue weighted by molar-refractivity contribution is 0.333. The average molecular weight is 269 g/mol. The summed E-state index contributed by atoms with van der Waals surface area (Å²) in [4.78, 5) is 7.00. The molecule has 1 fully saturated rings. The number of para-hydroxylation sites is 1. The van der Waals surface area contributed by atoms with E-state index in [9.17, 15) is 0 Å². The molecule has 3 nitrogen and oxygen atoms in total. The normalized spacial score (nSPS) is 21.1. The molecule has 1 aliphatic heterocycles. The number of nitrogens with zero attached hydrogens (tertiary/aromatic N) is 2. The van der Waals surface area contributed by atoms with E-state index < -0.39 is 0 Å². The number of nitrogens with one attached hydrogen (secondary N) is 1. The molecule has 20 heavy (non-hydrogen) atoms. The Labute approximate surface area is 121 Å². The highest BCUT2D eigenvalue weighted by atomic mass is 15.1. The molecule has 1 aromatic heterocycles. The predicted molar refractivity (Wildman–Crippen MR) is 85.2 cm³/mol. The molecule has 2 unspecified atom stereocenters. The van der Waals surface area contributed by atoms with E-state index in [-0.39, 0.29) is 0 Å². The minimum Gasteiger partial charge on any atom is -0.371 e. The van der Waals surface area contributed by atoms with Gasteiger partial charge in [-0.25, -0.2) is 0 Å². The summed E-state index contributed by atoms with van der Waals surface area (Å²) in [5.74, 6) is 0.723. The molecule has 0 saturated carbocycles. The summed E-state index contributed by atoms with van der Waals surface area (Å²) in [5, 5.41) is 4.68. The van der Waals surface area contributed by atoms with Crippen molar-refractivity contribution < 1.29 is 0 Å². The number of piperidine rings is 1. The van der Waals surface area contributed by atoms with Crippen molar-refractivity contribution in [3.8, 4) is 0 Å². The van der Waals surface area contributed by atoms with Crippen molar-refractivity contribution in [1.82, 2.24) is 10.3 Å². The topological polar surface area (TPSA) is 28.2 Å². The molecule has 1 N–H and O–H groups in total. The van der Waals surface area contributed by atoms with E-state index in [1.54, 1.807) is 0 Å². The number of hydrogen-bond acceptors (Lipinski definition) is 3. The fourth-order valence-corrected chi connectivity index (χ4v) is 3.23. The van der Waals surface area contributed by atoms with Crippen LogP contribution in [0, 0.1) is 5.92 Å². The number of fused-ring (bicyclic) bond motifs is 1. The van der Waals surface area contributed by atoms with Crippen LogP contribution in [0.2, 0.25) is 0 Å². The maximum absolute atomic E-state index is 4.47. The zero-order chi connectivity index (χ0) is 13.9. The quantitative estimate of drug-likeness (QED) is 0.928. The Balaban J connectivity index is 1.91. The molecular formula is C17H23N3. The summed E-state index contributed by atoms with van der Waals surface area (Å²) in [7, 11) is 2.06. The van der Waals surface area contributed by atoms with E-state index in [2.05, 4.69) is 59.5 Å². The maximum Gasteiger partial charge on any atom is 0.0722 e. The molecule has 1 aliphatic rings. The smallest absolute Gasteiger partial charge is 0.0722 e. The van der Waals surface area contributed by atoms with Crippen molar-refractivity contribution in [3.05, 3.63) is 36.5 Å². The molecule has 3 heteroatoms. The van der Waals surface area contributed by atoms with Gasteiger partial charge >= 0.3 is 0 Å². The monoisotopic (exact) mass is 269 g/mol. The molecule has 0 spiro atoms. The van der Waals surface area contributed by atoms with Gasteiger partial charge in [-0.1, -0.05) is 18.2 Å². The highest BCUT2D eigenvalue weighted by Gasteiger charge is 2.24. The second-order valence-electron chi connectivity index (χ2n) is 5.77. The molecule has 1 aromatic carbocycles. The van der Waals surface area contributed by atoms with Gasteiger partial charge in [0.2, 0.25) is 0 Å². The number of pyridine rings is 1. The number of anilines is 1. The fraction of sp³-hybridized carbons (Fsp3) is 0.471. The maximum atomic E-state index is 4.47. The number of hydrogen-bond donors (Lipinski definition) is 1. The van der Waals surface area contributed by atoms with Crippen LogP contribution in [-0.2, 0) is 0 Å². The molecule has 106 valence electrons. The van der Waals surface area contributed by atoms with Gasteiger partial charge in [0.05, 0.1) is 5.52 Å². The Hall–Kier alpha value is -1.61. The third-order valence-corrected chi connectivity index (χ3v) is 4.59. The lowest BCUT2D eigenvalue weighted by Crippen LogP contribution is -2.43. The first kappa shape index (κ1) is 13.4. The van der Waals surface area contributed by atoms with Crippen molar-refractivity contribution in [2.75, 3.05) is 25.0 Å². The van der Waals surface area contributed by atoms with Gasteiger partial charge < -0.3 is 10.2 Å². The van der Waals surface area contributed by atoms with Gasteiger partial charge in [0.15, 0.2) is 0 Å². The predicted octanol–water partition coefficient (Wildman–Crippen LogP) is 3.06. The molecule has 0 radical (unpaired) electrons. The SMILES string of the molecule is CNC(C)C1CCCN(c2ccnc3ccccc23)C1. The minimum atomic E-state index is 0.575.